The summed E-state index contributed by atoms with van der Waals surface area (Å²) in [4.78, 5) is 0. The molecule has 0 spiro atoms. The molecule has 0 heterocycles. The molecule has 2 N–H and O–H groups in total. The number of nitrogen functional groups attached to an aromatic ring is 1. The van der Waals surface area contributed by atoms with Crippen LogP contribution in [0.2, 0.25) is 5.02 Å². The van der Waals surface area contributed by atoms with Crippen LogP contribution in [0, 0.1) is 0 Å². The van der Waals surface area contributed by atoms with Crippen molar-refractivity contribution in [1.29, 1.82) is 0 Å². The van der Waals surface area contributed by atoms with Crippen molar-refractivity contribution in [2.24, 2.45) is 0 Å². The Kier molecular flexibility index (Phi) is 4.81. The molecule has 5 heteroatoms. The van der Waals surface area contributed by atoms with Gasteiger partial charge in [-0.25, -0.2) is 0 Å². The average Bonchev–Trinajstić information content (AvgIpc) is 2.50. The molecular weight excluding hydrogens is 290 g/mol. The molecule has 0 unspecified atom stereocenters. The Bertz CT molecular complexity index is 644. The van der Waals surface area contributed by atoms with Crippen LogP contribution in [-0.2, 0) is 6.42 Å². The van der Waals surface area contributed by atoms with Crippen LogP contribution in [0.4, 0.5) is 5.69 Å². The first-order valence-corrected chi connectivity index (χ1v) is 6.94. The summed E-state index contributed by atoms with van der Waals surface area (Å²) in [6.45, 7) is 2.04. The summed E-state index contributed by atoms with van der Waals surface area (Å²) in [5.74, 6) is 2.31. The second-order valence-corrected chi connectivity index (χ2v) is 4.86. The average molecular weight is 308 g/mol. The van der Waals surface area contributed by atoms with Crippen molar-refractivity contribution in [2.45, 2.75) is 13.3 Å². The number of benzene rings is 2. The van der Waals surface area contributed by atoms with E-state index in [2.05, 4.69) is 0 Å². The second kappa shape index (κ2) is 6.59. The Balaban J connectivity index is 2.35. The highest BCUT2D eigenvalue weighted by molar-refractivity contribution is 6.31. The summed E-state index contributed by atoms with van der Waals surface area (Å²) >= 11 is 6.10. The van der Waals surface area contributed by atoms with E-state index >= 15 is 0 Å². The topological polar surface area (TPSA) is 53.7 Å². The van der Waals surface area contributed by atoms with Gasteiger partial charge in [-0.15, -0.1) is 0 Å². The highest BCUT2D eigenvalue weighted by atomic mass is 35.5. The van der Waals surface area contributed by atoms with Crippen molar-refractivity contribution < 1.29 is 14.2 Å². The number of anilines is 1. The van der Waals surface area contributed by atoms with E-state index in [9.17, 15) is 0 Å². The van der Waals surface area contributed by atoms with Gasteiger partial charge in [-0.1, -0.05) is 18.5 Å². The van der Waals surface area contributed by atoms with Gasteiger partial charge >= 0.3 is 0 Å². The molecule has 0 aliphatic carbocycles. The fourth-order valence-corrected chi connectivity index (χ4v) is 2.23. The highest BCUT2D eigenvalue weighted by Crippen LogP contribution is 2.38. The van der Waals surface area contributed by atoms with Gasteiger partial charge in [0.1, 0.15) is 5.75 Å². The SMILES string of the molecule is CCc1cc(Oc2cc(OC)c(OC)cc2N)ccc1Cl. The maximum absolute atomic E-state index is 6.10. The largest absolute Gasteiger partial charge is 0.493 e. The van der Waals surface area contributed by atoms with Gasteiger partial charge in [0.15, 0.2) is 17.2 Å². The van der Waals surface area contributed by atoms with E-state index in [1.807, 2.05) is 19.1 Å². The van der Waals surface area contributed by atoms with E-state index in [1.165, 1.54) is 0 Å². The monoisotopic (exact) mass is 307 g/mol. The van der Waals surface area contributed by atoms with Crippen LogP contribution in [0.15, 0.2) is 30.3 Å². The molecular formula is C16H18ClNO3. The first-order valence-electron chi connectivity index (χ1n) is 6.56. The second-order valence-electron chi connectivity index (χ2n) is 4.45. The molecule has 112 valence electrons. The predicted molar refractivity (Wildman–Crippen MR) is 84.9 cm³/mol. The van der Waals surface area contributed by atoms with Gasteiger partial charge in [-0.2, -0.15) is 0 Å². The number of hydrogen-bond acceptors (Lipinski definition) is 4. The smallest absolute Gasteiger partial charge is 0.164 e. The van der Waals surface area contributed by atoms with E-state index in [0.717, 1.165) is 17.0 Å². The molecule has 0 aromatic heterocycles. The van der Waals surface area contributed by atoms with E-state index in [-0.39, 0.29) is 0 Å². The third-order valence-electron chi connectivity index (χ3n) is 3.14. The lowest BCUT2D eigenvalue weighted by molar-refractivity contribution is 0.352. The van der Waals surface area contributed by atoms with Gasteiger partial charge in [-0.3, -0.25) is 0 Å². The van der Waals surface area contributed by atoms with E-state index in [0.29, 0.717) is 28.7 Å². The number of rotatable bonds is 5. The summed E-state index contributed by atoms with van der Waals surface area (Å²) in [7, 11) is 3.12. The van der Waals surface area contributed by atoms with Crippen molar-refractivity contribution in [1.82, 2.24) is 0 Å². The minimum Gasteiger partial charge on any atom is -0.493 e. The fraction of sp³-hybridized carbons (Fsp3) is 0.250. The molecule has 2 rings (SSSR count). The minimum atomic E-state index is 0.473. The van der Waals surface area contributed by atoms with E-state index in [1.54, 1.807) is 32.4 Å². The van der Waals surface area contributed by atoms with Crippen LogP contribution in [0.5, 0.6) is 23.0 Å². The lowest BCUT2D eigenvalue weighted by Crippen LogP contribution is -1.97. The van der Waals surface area contributed by atoms with Crippen LogP contribution < -0.4 is 19.9 Å². The molecule has 0 fully saturated rings. The molecule has 2 aromatic carbocycles. The maximum Gasteiger partial charge on any atom is 0.164 e. The summed E-state index contributed by atoms with van der Waals surface area (Å²) in [5, 5.41) is 0.727. The fourth-order valence-electron chi connectivity index (χ4n) is 1.98. The van der Waals surface area contributed by atoms with Crippen LogP contribution in [0.1, 0.15) is 12.5 Å². The van der Waals surface area contributed by atoms with Crippen molar-refractivity contribution in [3.63, 3.8) is 0 Å². The first-order chi connectivity index (χ1) is 10.1. The molecule has 0 atom stereocenters. The molecule has 4 nitrogen and oxygen atoms in total. The molecule has 0 saturated carbocycles. The Morgan fingerprint density at radius 2 is 1.67 bits per heavy atom. The lowest BCUT2D eigenvalue weighted by Gasteiger charge is -2.14. The van der Waals surface area contributed by atoms with E-state index in [4.69, 9.17) is 31.5 Å². The predicted octanol–water partition coefficient (Wildman–Crippen LogP) is 4.29. The number of aryl methyl sites for hydroxylation is 1. The van der Waals surface area contributed by atoms with Crippen molar-refractivity contribution in [2.75, 3.05) is 20.0 Å². The number of ether oxygens (including phenoxy) is 3. The van der Waals surface area contributed by atoms with Crippen LogP contribution in [0.3, 0.4) is 0 Å². The highest BCUT2D eigenvalue weighted by Gasteiger charge is 2.11. The van der Waals surface area contributed by atoms with Crippen molar-refractivity contribution >= 4 is 17.3 Å². The van der Waals surface area contributed by atoms with Crippen LogP contribution in [0.25, 0.3) is 0 Å². The molecule has 0 saturated heterocycles. The summed E-state index contributed by atoms with van der Waals surface area (Å²) < 4.78 is 16.3. The maximum atomic E-state index is 6.10. The number of methoxy groups -OCH3 is 2. The van der Waals surface area contributed by atoms with Crippen molar-refractivity contribution in [3.8, 4) is 23.0 Å². The summed E-state index contributed by atoms with van der Waals surface area (Å²) in [6.07, 6.45) is 0.831. The first kappa shape index (κ1) is 15.3. The normalized spacial score (nSPS) is 10.3. The van der Waals surface area contributed by atoms with Crippen LogP contribution in [-0.4, -0.2) is 14.2 Å². The molecule has 0 radical (unpaired) electrons. The zero-order chi connectivity index (χ0) is 15.4. The van der Waals surface area contributed by atoms with Crippen molar-refractivity contribution in [3.05, 3.63) is 40.9 Å². The molecule has 2 aromatic rings. The molecule has 21 heavy (non-hydrogen) atoms. The van der Waals surface area contributed by atoms with Gasteiger partial charge < -0.3 is 19.9 Å². The Hall–Kier alpha value is -2.07. The third-order valence-corrected chi connectivity index (χ3v) is 3.51. The lowest BCUT2D eigenvalue weighted by atomic mass is 10.1. The Labute approximate surface area is 129 Å². The molecule has 0 bridgehead atoms. The number of hydrogen-bond donors (Lipinski definition) is 1. The summed E-state index contributed by atoms with van der Waals surface area (Å²) in [6, 6.07) is 8.89. The van der Waals surface area contributed by atoms with Gasteiger partial charge in [0.25, 0.3) is 0 Å². The Morgan fingerprint density at radius 1 is 1.00 bits per heavy atom. The van der Waals surface area contributed by atoms with Crippen LogP contribution >= 0.6 is 11.6 Å². The van der Waals surface area contributed by atoms with Gasteiger partial charge in [0, 0.05) is 17.2 Å². The summed E-state index contributed by atoms with van der Waals surface area (Å²) in [5.41, 5.74) is 7.48. The standard InChI is InChI=1S/C16H18ClNO3/c1-4-10-7-11(5-6-12(10)17)21-14-9-16(20-3)15(19-2)8-13(14)18/h5-9H,4,18H2,1-3H3. The van der Waals surface area contributed by atoms with Gasteiger partial charge in [0.05, 0.1) is 19.9 Å². The molecule has 0 aliphatic rings. The third kappa shape index (κ3) is 3.34. The zero-order valence-electron chi connectivity index (χ0n) is 12.3. The van der Waals surface area contributed by atoms with Gasteiger partial charge in [-0.05, 0) is 30.2 Å². The number of nitrogens with two attached hydrogens (primary N) is 1. The Morgan fingerprint density at radius 3 is 2.29 bits per heavy atom. The zero-order valence-corrected chi connectivity index (χ0v) is 13.0. The molecule has 0 amide bonds. The van der Waals surface area contributed by atoms with E-state index < -0.39 is 0 Å². The minimum absolute atomic E-state index is 0.473. The number of halogens is 1. The molecule has 0 aliphatic heterocycles. The van der Waals surface area contributed by atoms with Gasteiger partial charge in [0.2, 0.25) is 0 Å². The quantitative estimate of drug-likeness (QED) is 0.837.